The number of hydrogen-bond donors (Lipinski definition) is 2. The molecule has 0 aromatic carbocycles. The molecule has 0 aliphatic carbocycles. The van der Waals surface area contributed by atoms with Crippen molar-refractivity contribution in [2.45, 2.75) is 32.4 Å². The third-order valence-electron chi connectivity index (χ3n) is 3.03. The highest BCUT2D eigenvalue weighted by Gasteiger charge is 2.26. The van der Waals surface area contributed by atoms with Gasteiger partial charge in [-0.1, -0.05) is 19.9 Å². The van der Waals surface area contributed by atoms with E-state index in [0.29, 0.717) is 6.54 Å². The van der Waals surface area contributed by atoms with Crippen molar-refractivity contribution in [3.63, 3.8) is 0 Å². The van der Waals surface area contributed by atoms with Crippen LogP contribution in [-0.4, -0.2) is 34.9 Å². The molecule has 0 saturated carbocycles. The van der Waals surface area contributed by atoms with Crippen molar-refractivity contribution in [2.24, 2.45) is 11.5 Å². The Kier molecular flexibility index (Phi) is 5.74. The zero-order valence-electron chi connectivity index (χ0n) is 11.0. The molecule has 2 atom stereocenters. The van der Waals surface area contributed by atoms with E-state index < -0.39 is 0 Å². The van der Waals surface area contributed by atoms with Gasteiger partial charge in [-0.3, -0.25) is 14.7 Å². The summed E-state index contributed by atoms with van der Waals surface area (Å²) in [6, 6.07) is 5.58. The minimum absolute atomic E-state index is 0.0702. The van der Waals surface area contributed by atoms with Gasteiger partial charge in [-0.05, 0) is 25.1 Å². The minimum atomic E-state index is -0.346. The van der Waals surface area contributed by atoms with Crippen LogP contribution in [0.4, 0.5) is 0 Å². The quantitative estimate of drug-likeness (QED) is 0.744. The Bertz CT molecular complexity index is 369. The first-order chi connectivity index (χ1) is 8.60. The second kappa shape index (κ2) is 7.08. The van der Waals surface area contributed by atoms with E-state index in [4.69, 9.17) is 11.5 Å². The van der Waals surface area contributed by atoms with Crippen LogP contribution in [0.25, 0.3) is 0 Å². The molecule has 1 rings (SSSR count). The maximum atomic E-state index is 11.1. The summed E-state index contributed by atoms with van der Waals surface area (Å²) in [6.07, 6.45) is 2.55. The van der Waals surface area contributed by atoms with Gasteiger partial charge in [-0.2, -0.15) is 0 Å². The molecule has 0 aliphatic heterocycles. The fraction of sp³-hybridized carbons (Fsp3) is 0.538. The molecule has 18 heavy (non-hydrogen) atoms. The van der Waals surface area contributed by atoms with Crippen molar-refractivity contribution in [1.29, 1.82) is 0 Å². The Morgan fingerprint density at radius 3 is 2.61 bits per heavy atom. The Hall–Kier alpha value is -1.46. The van der Waals surface area contributed by atoms with E-state index in [1.54, 1.807) is 6.20 Å². The first-order valence-electron chi connectivity index (χ1n) is 6.29. The van der Waals surface area contributed by atoms with E-state index >= 15 is 0 Å². The van der Waals surface area contributed by atoms with Crippen LogP contribution < -0.4 is 11.5 Å². The second-order valence-corrected chi connectivity index (χ2v) is 4.30. The van der Waals surface area contributed by atoms with Gasteiger partial charge in [0.1, 0.15) is 0 Å². The zero-order valence-corrected chi connectivity index (χ0v) is 11.0. The Balaban J connectivity index is 3.00. The van der Waals surface area contributed by atoms with Crippen LogP contribution in [0.2, 0.25) is 0 Å². The molecule has 2 unspecified atom stereocenters. The summed E-state index contributed by atoms with van der Waals surface area (Å²) in [5.41, 5.74) is 12.3. The number of likely N-dealkylation sites (N-methyl/N-ethyl adjacent to an activating group) is 1. The van der Waals surface area contributed by atoms with E-state index in [1.807, 2.05) is 36.9 Å². The lowest BCUT2D eigenvalue weighted by Gasteiger charge is -2.33. The lowest BCUT2D eigenvalue weighted by molar-refractivity contribution is -0.119. The molecule has 4 N–H and O–H groups in total. The Labute approximate surface area is 108 Å². The molecule has 5 nitrogen and oxygen atoms in total. The van der Waals surface area contributed by atoms with Crippen LogP contribution in [-0.2, 0) is 4.79 Å². The number of amides is 1. The predicted molar refractivity (Wildman–Crippen MR) is 71.7 cm³/mol. The van der Waals surface area contributed by atoms with Crippen molar-refractivity contribution in [3.8, 4) is 0 Å². The zero-order chi connectivity index (χ0) is 13.5. The van der Waals surface area contributed by atoms with Crippen LogP contribution in [0.15, 0.2) is 24.4 Å². The molecule has 1 heterocycles. The van der Waals surface area contributed by atoms with E-state index in [-0.39, 0.29) is 24.5 Å². The maximum absolute atomic E-state index is 11.1. The van der Waals surface area contributed by atoms with E-state index in [2.05, 4.69) is 4.98 Å². The monoisotopic (exact) mass is 250 g/mol. The Morgan fingerprint density at radius 2 is 2.17 bits per heavy atom. The summed E-state index contributed by atoms with van der Waals surface area (Å²) in [5, 5.41) is 0. The smallest absolute Gasteiger partial charge is 0.231 e. The molecule has 1 aromatic heterocycles. The number of carbonyl (C=O) groups excluding carboxylic acids is 1. The topological polar surface area (TPSA) is 85.2 Å². The van der Waals surface area contributed by atoms with Gasteiger partial charge in [0, 0.05) is 12.2 Å². The molecule has 1 amide bonds. The highest BCUT2D eigenvalue weighted by Crippen LogP contribution is 2.22. The first-order valence-corrected chi connectivity index (χ1v) is 6.29. The van der Waals surface area contributed by atoms with Gasteiger partial charge in [0.15, 0.2) is 0 Å². The average molecular weight is 250 g/mol. The van der Waals surface area contributed by atoms with Crippen molar-refractivity contribution < 1.29 is 4.79 Å². The molecule has 0 saturated heterocycles. The Morgan fingerprint density at radius 1 is 1.44 bits per heavy atom. The van der Waals surface area contributed by atoms with Gasteiger partial charge in [-0.15, -0.1) is 0 Å². The van der Waals surface area contributed by atoms with Crippen LogP contribution in [0.1, 0.15) is 32.0 Å². The minimum Gasteiger partial charge on any atom is -0.369 e. The SMILES string of the molecule is CCC(N)C(c1ccccn1)N(CC)CC(N)=O. The standard InChI is InChI=1S/C13H22N4O/c1-3-10(14)13(11-7-5-6-8-16-11)17(4-2)9-12(15)18/h5-8,10,13H,3-4,9,14H2,1-2H3,(H2,15,18). The van der Waals surface area contributed by atoms with Gasteiger partial charge in [-0.25, -0.2) is 0 Å². The van der Waals surface area contributed by atoms with Crippen molar-refractivity contribution in [1.82, 2.24) is 9.88 Å². The third kappa shape index (κ3) is 3.78. The molecule has 0 aliphatic rings. The van der Waals surface area contributed by atoms with Gasteiger partial charge in [0.05, 0.1) is 18.3 Å². The lowest BCUT2D eigenvalue weighted by atomic mass is 10.0. The highest BCUT2D eigenvalue weighted by atomic mass is 16.1. The first kappa shape index (κ1) is 14.6. The average Bonchev–Trinajstić information content (AvgIpc) is 2.38. The molecule has 0 spiro atoms. The summed E-state index contributed by atoms with van der Waals surface area (Å²) in [6.45, 7) is 4.92. The molecular formula is C13H22N4O. The van der Waals surface area contributed by atoms with Crippen molar-refractivity contribution >= 4 is 5.91 Å². The molecule has 100 valence electrons. The van der Waals surface area contributed by atoms with Gasteiger partial charge in [0.25, 0.3) is 0 Å². The van der Waals surface area contributed by atoms with Crippen LogP contribution >= 0.6 is 0 Å². The summed E-state index contributed by atoms with van der Waals surface area (Å²) in [5.74, 6) is -0.346. The van der Waals surface area contributed by atoms with Crippen molar-refractivity contribution in [2.75, 3.05) is 13.1 Å². The number of rotatable bonds is 7. The molecular weight excluding hydrogens is 228 g/mol. The lowest BCUT2D eigenvalue weighted by Crippen LogP contribution is -2.44. The summed E-state index contributed by atoms with van der Waals surface area (Å²) < 4.78 is 0. The fourth-order valence-electron chi connectivity index (χ4n) is 2.06. The van der Waals surface area contributed by atoms with Crippen LogP contribution in [0, 0.1) is 0 Å². The largest absolute Gasteiger partial charge is 0.369 e. The molecule has 0 fully saturated rings. The van der Waals surface area contributed by atoms with Gasteiger partial charge >= 0.3 is 0 Å². The number of aromatic nitrogens is 1. The number of hydrogen-bond acceptors (Lipinski definition) is 4. The number of carbonyl (C=O) groups is 1. The number of pyridine rings is 1. The number of nitrogens with zero attached hydrogens (tertiary/aromatic N) is 2. The van der Waals surface area contributed by atoms with Crippen molar-refractivity contribution in [3.05, 3.63) is 30.1 Å². The summed E-state index contributed by atoms with van der Waals surface area (Å²) >= 11 is 0. The number of nitrogens with two attached hydrogens (primary N) is 2. The molecule has 0 radical (unpaired) electrons. The summed E-state index contributed by atoms with van der Waals surface area (Å²) in [4.78, 5) is 17.5. The normalized spacial score (nSPS) is 14.4. The fourth-order valence-corrected chi connectivity index (χ4v) is 2.06. The van der Waals surface area contributed by atoms with Crippen LogP contribution in [0.3, 0.4) is 0 Å². The highest BCUT2D eigenvalue weighted by molar-refractivity contribution is 5.76. The third-order valence-corrected chi connectivity index (χ3v) is 3.03. The number of primary amides is 1. The molecule has 5 heteroatoms. The van der Waals surface area contributed by atoms with E-state index in [0.717, 1.165) is 12.1 Å². The molecule has 1 aromatic rings. The second-order valence-electron chi connectivity index (χ2n) is 4.30. The molecule has 0 bridgehead atoms. The van der Waals surface area contributed by atoms with Crippen LogP contribution in [0.5, 0.6) is 0 Å². The van der Waals surface area contributed by atoms with E-state index in [1.165, 1.54) is 0 Å². The maximum Gasteiger partial charge on any atom is 0.231 e. The predicted octanol–water partition coefficient (Wildman–Crippen LogP) is 0.667. The van der Waals surface area contributed by atoms with E-state index in [9.17, 15) is 4.79 Å². The summed E-state index contributed by atoms with van der Waals surface area (Å²) in [7, 11) is 0. The van der Waals surface area contributed by atoms with Gasteiger partial charge < -0.3 is 11.5 Å². The van der Waals surface area contributed by atoms with Gasteiger partial charge in [0.2, 0.25) is 5.91 Å².